The fourth-order valence-electron chi connectivity index (χ4n) is 8.65. The minimum atomic E-state index is -1.58. The monoisotopic (exact) mass is 932 g/mol. The van der Waals surface area contributed by atoms with E-state index in [9.17, 15) is 30.3 Å². The van der Waals surface area contributed by atoms with E-state index >= 15 is 0 Å². The molecule has 0 spiro atoms. The fourth-order valence-corrected chi connectivity index (χ4v) is 8.65. The van der Waals surface area contributed by atoms with Gasteiger partial charge < -0.3 is 40.3 Å². The number of amides is 1. The van der Waals surface area contributed by atoms with E-state index in [0.717, 1.165) is 70.6 Å². The Kier molecular flexibility index (Phi) is 44.1. The number of nitrogens with one attached hydrogen (secondary N) is 1. The number of aliphatic hydroxyl groups is 5. The van der Waals surface area contributed by atoms with Gasteiger partial charge in [-0.2, -0.15) is 0 Å². The number of unbranched alkanes of at least 4 members (excludes halogenated alkanes) is 31. The highest BCUT2D eigenvalue weighted by Gasteiger charge is 2.44. The summed E-state index contributed by atoms with van der Waals surface area (Å²) in [6, 6.07) is -0.832. The number of aliphatic hydroxyl groups excluding tert-OH is 5. The minimum absolute atomic E-state index is 0.201. The Bertz CT molecular complexity index is 1170. The van der Waals surface area contributed by atoms with Crippen molar-refractivity contribution in [3.05, 3.63) is 48.6 Å². The van der Waals surface area contributed by atoms with Gasteiger partial charge in [0.15, 0.2) is 6.29 Å². The zero-order chi connectivity index (χ0) is 48.0. The van der Waals surface area contributed by atoms with Crippen molar-refractivity contribution in [3.63, 3.8) is 0 Å². The average molecular weight is 932 g/mol. The summed E-state index contributed by atoms with van der Waals surface area (Å²) in [5, 5.41) is 54.3. The maximum Gasteiger partial charge on any atom is 0.220 e. The first-order chi connectivity index (χ1) is 32.3. The minimum Gasteiger partial charge on any atom is -0.394 e. The molecule has 0 bridgehead atoms. The van der Waals surface area contributed by atoms with E-state index in [1.807, 2.05) is 6.08 Å². The quantitative estimate of drug-likeness (QED) is 0.0261. The van der Waals surface area contributed by atoms with Crippen molar-refractivity contribution < 1.29 is 39.8 Å². The summed E-state index contributed by atoms with van der Waals surface area (Å²) in [6.07, 6.45) is 54.9. The first kappa shape index (κ1) is 62.2. The molecule has 1 amide bonds. The van der Waals surface area contributed by atoms with Gasteiger partial charge in [0.2, 0.25) is 5.91 Å². The Labute approximate surface area is 405 Å². The van der Waals surface area contributed by atoms with E-state index < -0.39 is 49.5 Å². The summed E-state index contributed by atoms with van der Waals surface area (Å²) in [5.41, 5.74) is 0. The Balaban J connectivity index is 2.21. The molecule has 0 saturated carbocycles. The Hall–Kier alpha value is -1.85. The SMILES string of the molecule is CCCCC/C=C\CCCCCCCC(=O)NC(COC1OC(CO)C(O)C(O)C1O)C(O)/C=C/CC/C=C/CC/C=C/CCCCCCCCCCCCCCCCCCCCCCC. The highest BCUT2D eigenvalue weighted by atomic mass is 16.7. The molecule has 9 heteroatoms. The normalized spacial score (nSPS) is 20.1. The lowest BCUT2D eigenvalue weighted by Crippen LogP contribution is -2.60. The topological polar surface area (TPSA) is 149 Å². The van der Waals surface area contributed by atoms with Crippen LogP contribution in [0.2, 0.25) is 0 Å². The molecular weight excluding hydrogens is 827 g/mol. The van der Waals surface area contributed by atoms with Crippen molar-refractivity contribution in [1.82, 2.24) is 5.32 Å². The van der Waals surface area contributed by atoms with Gasteiger partial charge in [-0.1, -0.05) is 223 Å². The van der Waals surface area contributed by atoms with Crippen molar-refractivity contribution in [1.29, 1.82) is 0 Å². The van der Waals surface area contributed by atoms with E-state index in [0.29, 0.717) is 6.42 Å². The number of carbonyl (C=O) groups excluding carboxylic acids is 1. The predicted octanol–water partition coefficient (Wildman–Crippen LogP) is 13.3. The standard InChI is InChI=1S/C57H105NO8/c1-3-5-7-9-11-13-15-17-18-19-20-21-22-23-24-25-26-27-28-29-30-31-32-33-34-35-36-38-40-42-44-46-51(60)50(49-65-57-56(64)55(63)54(62)52(48-59)66-57)58-53(61)47-45-43-41-39-37-16-14-12-10-8-6-4-2/h12,14,32-33,36,38,44,46,50-52,54-57,59-60,62-64H,3-11,13,15-31,34-35,37,39-43,45,47-49H2,1-2H3,(H,58,61)/b14-12-,33-32+,38-36+,46-44+. The summed E-state index contributed by atoms with van der Waals surface area (Å²) in [6.45, 7) is 3.73. The lowest BCUT2D eigenvalue weighted by Gasteiger charge is -2.40. The summed E-state index contributed by atoms with van der Waals surface area (Å²) in [7, 11) is 0. The molecule has 1 aliphatic heterocycles. The van der Waals surface area contributed by atoms with Crippen LogP contribution in [0, 0.1) is 0 Å². The highest BCUT2D eigenvalue weighted by molar-refractivity contribution is 5.76. The second-order valence-corrected chi connectivity index (χ2v) is 19.4. The maximum absolute atomic E-state index is 13.0. The molecule has 1 heterocycles. The van der Waals surface area contributed by atoms with Crippen LogP contribution in [0.1, 0.15) is 251 Å². The molecule has 386 valence electrons. The molecule has 6 N–H and O–H groups in total. The van der Waals surface area contributed by atoms with Crippen LogP contribution >= 0.6 is 0 Å². The molecule has 0 aromatic carbocycles. The van der Waals surface area contributed by atoms with Gasteiger partial charge in [0, 0.05) is 6.42 Å². The average Bonchev–Trinajstić information content (AvgIpc) is 3.32. The number of hydrogen-bond donors (Lipinski definition) is 6. The Morgan fingerprint density at radius 3 is 1.30 bits per heavy atom. The molecule has 7 unspecified atom stereocenters. The van der Waals surface area contributed by atoms with Crippen LogP contribution < -0.4 is 5.32 Å². The number of hydrogen-bond acceptors (Lipinski definition) is 8. The van der Waals surface area contributed by atoms with Crippen molar-refractivity contribution >= 4 is 5.91 Å². The summed E-state index contributed by atoms with van der Waals surface area (Å²) >= 11 is 0. The molecule has 0 aromatic rings. The lowest BCUT2D eigenvalue weighted by molar-refractivity contribution is -0.302. The number of allylic oxidation sites excluding steroid dienone is 7. The van der Waals surface area contributed by atoms with Crippen molar-refractivity contribution in [2.45, 2.75) is 294 Å². The fraction of sp³-hybridized carbons (Fsp3) is 0.842. The van der Waals surface area contributed by atoms with Crippen molar-refractivity contribution in [2.24, 2.45) is 0 Å². The smallest absolute Gasteiger partial charge is 0.220 e. The first-order valence-corrected chi connectivity index (χ1v) is 27.9. The van der Waals surface area contributed by atoms with Gasteiger partial charge >= 0.3 is 0 Å². The second-order valence-electron chi connectivity index (χ2n) is 19.4. The molecule has 66 heavy (non-hydrogen) atoms. The number of rotatable bonds is 47. The summed E-state index contributed by atoms with van der Waals surface area (Å²) < 4.78 is 11.2. The van der Waals surface area contributed by atoms with Crippen molar-refractivity contribution in [3.8, 4) is 0 Å². The van der Waals surface area contributed by atoms with Gasteiger partial charge in [-0.3, -0.25) is 4.79 Å². The first-order valence-electron chi connectivity index (χ1n) is 27.9. The van der Waals surface area contributed by atoms with Gasteiger partial charge in [0.1, 0.15) is 24.4 Å². The van der Waals surface area contributed by atoms with Crippen LogP contribution in [-0.2, 0) is 14.3 Å². The lowest BCUT2D eigenvalue weighted by atomic mass is 9.99. The molecule has 1 aliphatic rings. The number of carbonyl (C=O) groups is 1. The van der Waals surface area contributed by atoms with E-state index in [4.69, 9.17) is 9.47 Å². The largest absolute Gasteiger partial charge is 0.394 e. The molecule has 0 aliphatic carbocycles. The summed E-state index contributed by atoms with van der Waals surface area (Å²) in [4.78, 5) is 13.0. The zero-order valence-electron chi connectivity index (χ0n) is 42.7. The van der Waals surface area contributed by atoms with Gasteiger partial charge in [-0.05, 0) is 70.6 Å². The van der Waals surface area contributed by atoms with Gasteiger partial charge in [-0.25, -0.2) is 0 Å². The van der Waals surface area contributed by atoms with Crippen LogP contribution in [0.4, 0.5) is 0 Å². The molecule has 0 aromatic heterocycles. The molecule has 1 fully saturated rings. The highest BCUT2D eigenvalue weighted by Crippen LogP contribution is 2.23. The van der Waals surface area contributed by atoms with E-state index in [2.05, 4.69) is 55.6 Å². The third-order valence-electron chi connectivity index (χ3n) is 13.1. The summed E-state index contributed by atoms with van der Waals surface area (Å²) in [5.74, 6) is -0.201. The van der Waals surface area contributed by atoms with Gasteiger partial charge in [0.05, 0.1) is 25.4 Å². The Morgan fingerprint density at radius 1 is 0.500 bits per heavy atom. The van der Waals surface area contributed by atoms with Crippen LogP contribution in [0.15, 0.2) is 48.6 Å². The molecule has 9 nitrogen and oxygen atoms in total. The molecule has 7 atom stereocenters. The van der Waals surface area contributed by atoms with Gasteiger partial charge in [0.25, 0.3) is 0 Å². The van der Waals surface area contributed by atoms with Gasteiger partial charge in [-0.15, -0.1) is 0 Å². The van der Waals surface area contributed by atoms with Crippen molar-refractivity contribution in [2.75, 3.05) is 13.2 Å². The van der Waals surface area contributed by atoms with Crippen LogP contribution in [0.5, 0.6) is 0 Å². The van der Waals surface area contributed by atoms with Crippen LogP contribution in [0.3, 0.4) is 0 Å². The third kappa shape index (κ3) is 36.2. The Morgan fingerprint density at radius 2 is 0.864 bits per heavy atom. The molecule has 0 radical (unpaired) electrons. The maximum atomic E-state index is 13.0. The van der Waals surface area contributed by atoms with Crippen LogP contribution in [-0.4, -0.2) is 87.5 Å². The third-order valence-corrected chi connectivity index (χ3v) is 13.1. The number of ether oxygens (including phenoxy) is 2. The predicted molar refractivity (Wildman–Crippen MR) is 276 cm³/mol. The van der Waals surface area contributed by atoms with E-state index in [1.165, 1.54) is 161 Å². The molecular formula is C57H105NO8. The van der Waals surface area contributed by atoms with E-state index in [1.54, 1.807) is 6.08 Å². The van der Waals surface area contributed by atoms with E-state index in [-0.39, 0.29) is 12.5 Å². The second kappa shape index (κ2) is 46.9. The molecule has 1 saturated heterocycles. The molecule has 1 rings (SSSR count). The van der Waals surface area contributed by atoms with Crippen LogP contribution in [0.25, 0.3) is 0 Å². The zero-order valence-corrected chi connectivity index (χ0v) is 42.7.